The predicted octanol–water partition coefficient (Wildman–Crippen LogP) is 1.95. The van der Waals surface area contributed by atoms with Gasteiger partial charge in [0.05, 0.1) is 6.61 Å². The quantitative estimate of drug-likeness (QED) is 0.824. The van der Waals surface area contributed by atoms with Crippen LogP contribution in [-0.4, -0.2) is 21.7 Å². The highest BCUT2D eigenvalue weighted by Crippen LogP contribution is 2.21. The molecule has 0 aromatic carbocycles. The molecule has 0 spiro atoms. The van der Waals surface area contributed by atoms with E-state index < -0.39 is 0 Å². The molecule has 0 amide bonds. The highest BCUT2D eigenvalue weighted by molar-refractivity contribution is 9.10. The summed E-state index contributed by atoms with van der Waals surface area (Å²) in [5, 5.41) is 8.12. The lowest BCUT2D eigenvalue weighted by Gasteiger charge is -2.04. The molecule has 4 nitrogen and oxygen atoms in total. The maximum atomic E-state index is 5.11. The highest BCUT2D eigenvalue weighted by Gasteiger charge is 2.09. The van der Waals surface area contributed by atoms with Crippen molar-refractivity contribution in [1.82, 2.24) is 14.6 Å². The molecule has 0 aliphatic heterocycles. The Bertz CT molecular complexity index is 466. The monoisotopic (exact) mass is 255 g/mol. The van der Waals surface area contributed by atoms with Crippen molar-refractivity contribution in [2.75, 3.05) is 7.11 Å². The van der Waals surface area contributed by atoms with Crippen molar-refractivity contribution in [3.8, 4) is 0 Å². The largest absolute Gasteiger partial charge is 0.380 e. The van der Waals surface area contributed by atoms with Gasteiger partial charge in [-0.2, -0.15) is 0 Å². The van der Waals surface area contributed by atoms with E-state index in [1.807, 2.05) is 23.6 Å². The smallest absolute Gasteiger partial charge is 0.167 e. The first kappa shape index (κ1) is 9.61. The average Bonchev–Trinajstić information content (AvgIpc) is 2.53. The van der Waals surface area contributed by atoms with Crippen molar-refractivity contribution in [2.45, 2.75) is 13.5 Å². The summed E-state index contributed by atoms with van der Waals surface area (Å²) in [6.45, 7) is 2.45. The molecular weight excluding hydrogens is 246 g/mol. The summed E-state index contributed by atoms with van der Waals surface area (Å²) in [4.78, 5) is 0. The highest BCUT2D eigenvalue weighted by atomic mass is 79.9. The van der Waals surface area contributed by atoms with Gasteiger partial charge >= 0.3 is 0 Å². The molecule has 0 fully saturated rings. The molecule has 0 atom stereocenters. The Morgan fingerprint density at radius 1 is 1.50 bits per heavy atom. The Labute approximate surface area is 90.0 Å². The minimum absolute atomic E-state index is 0.531. The lowest BCUT2D eigenvalue weighted by atomic mass is 10.3. The molecule has 5 heteroatoms. The second-order valence-corrected chi connectivity index (χ2v) is 3.87. The minimum atomic E-state index is 0.531. The molecule has 2 aromatic rings. The molecule has 0 radical (unpaired) electrons. The Balaban J connectivity index is 2.70. The van der Waals surface area contributed by atoms with Gasteiger partial charge in [-0.25, -0.2) is 0 Å². The van der Waals surface area contributed by atoms with Crippen LogP contribution in [0.25, 0.3) is 5.65 Å². The SMILES string of the molecule is COCc1c(Br)ccn2c(C)nnc12. The van der Waals surface area contributed by atoms with Crippen LogP contribution in [0.2, 0.25) is 0 Å². The summed E-state index contributed by atoms with van der Waals surface area (Å²) >= 11 is 3.47. The van der Waals surface area contributed by atoms with Crippen LogP contribution in [0.1, 0.15) is 11.4 Å². The van der Waals surface area contributed by atoms with Gasteiger partial charge in [0.2, 0.25) is 0 Å². The van der Waals surface area contributed by atoms with Crippen LogP contribution in [0.15, 0.2) is 16.7 Å². The molecule has 0 saturated carbocycles. The van der Waals surface area contributed by atoms with E-state index in [1.165, 1.54) is 0 Å². The number of hydrogen-bond donors (Lipinski definition) is 0. The van der Waals surface area contributed by atoms with Crippen molar-refractivity contribution in [3.63, 3.8) is 0 Å². The Morgan fingerprint density at radius 3 is 3.00 bits per heavy atom. The topological polar surface area (TPSA) is 39.4 Å². The number of hydrogen-bond acceptors (Lipinski definition) is 3. The number of nitrogens with zero attached hydrogens (tertiary/aromatic N) is 3. The third kappa shape index (κ3) is 1.42. The van der Waals surface area contributed by atoms with Gasteiger partial charge in [-0.3, -0.25) is 4.40 Å². The third-order valence-electron chi connectivity index (χ3n) is 2.08. The molecule has 0 saturated heterocycles. The second-order valence-electron chi connectivity index (χ2n) is 3.02. The van der Waals surface area contributed by atoms with Crippen LogP contribution >= 0.6 is 15.9 Å². The maximum absolute atomic E-state index is 5.11. The van der Waals surface area contributed by atoms with Crippen molar-refractivity contribution in [1.29, 1.82) is 0 Å². The fourth-order valence-electron chi connectivity index (χ4n) is 1.38. The molecule has 2 rings (SSSR count). The first-order valence-corrected chi connectivity index (χ1v) is 5.01. The fraction of sp³-hybridized carbons (Fsp3) is 0.333. The van der Waals surface area contributed by atoms with Gasteiger partial charge in [0.15, 0.2) is 5.65 Å². The zero-order chi connectivity index (χ0) is 10.1. The van der Waals surface area contributed by atoms with Crippen molar-refractivity contribution in [2.24, 2.45) is 0 Å². The summed E-state index contributed by atoms with van der Waals surface area (Å²) in [5.74, 6) is 0.879. The van der Waals surface area contributed by atoms with Gasteiger partial charge in [0.25, 0.3) is 0 Å². The lowest BCUT2D eigenvalue weighted by molar-refractivity contribution is 0.185. The molecule has 0 N–H and O–H groups in total. The van der Waals surface area contributed by atoms with E-state index in [0.29, 0.717) is 6.61 Å². The van der Waals surface area contributed by atoms with Crippen LogP contribution in [0.3, 0.4) is 0 Å². The second kappa shape index (κ2) is 3.67. The summed E-state index contributed by atoms with van der Waals surface area (Å²) in [6.07, 6.45) is 1.94. The zero-order valence-electron chi connectivity index (χ0n) is 7.99. The van der Waals surface area contributed by atoms with E-state index in [1.54, 1.807) is 7.11 Å². The van der Waals surface area contributed by atoms with E-state index in [0.717, 1.165) is 21.5 Å². The molecule has 14 heavy (non-hydrogen) atoms. The molecular formula is C9H10BrN3O. The van der Waals surface area contributed by atoms with E-state index >= 15 is 0 Å². The number of methoxy groups -OCH3 is 1. The minimum Gasteiger partial charge on any atom is -0.380 e. The van der Waals surface area contributed by atoms with E-state index in [2.05, 4.69) is 26.1 Å². The van der Waals surface area contributed by atoms with Crippen LogP contribution < -0.4 is 0 Å². The van der Waals surface area contributed by atoms with Crippen LogP contribution in [0.4, 0.5) is 0 Å². The number of fused-ring (bicyclic) bond motifs is 1. The fourth-order valence-corrected chi connectivity index (χ4v) is 1.79. The van der Waals surface area contributed by atoms with Crippen LogP contribution in [0, 0.1) is 6.92 Å². The summed E-state index contributed by atoms with van der Waals surface area (Å²) in [7, 11) is 1.67. The predicted molar refractivity (Wildman–Crippen MR) is 56.1 cm³/mol. The van der Waals surface area contributed by atoms with Gasteiger partial charge in [-0.05, 0) is 13.0 Å². The molecule has 0 aliphatic carbocycles. The number of rotatable bonds is 2. The molecule has 2 heterocycles. The van der Waals surface area contributed by atoms with E-state index in [9.17, 15) is 0 Å². The molecule has 2 aromatic heterocycles. The van der Waals surface area contributed by atoms with Gasteiger partial charge < -0.3 is 4.74 Å². The number of aryl methyl sites for hydroxylation is 1. The number of aromatic nitrogens is 3. The number of pyridine rings is 1. The van der Waals surface area contributed by atoms with Gasteiger partial charge in [-0.1, -0.05) is 15.9 Å². The van der Waals surface area contributed by atoms with Crippen molar-refractivity contribution < 1.29 is 4.74 Å². The average molecular weight is 256 g/mol. The number of halogens is 1. The lowest BCUT2D eigenvalue weighted by Crippen LogP contribution is -1.96. The van der Waals surface area contributed by atoms with Gasteiger partial charge in [-0.15, -0.1) is 10.2 Å². The van der Waals surface area contributed by atoms with Crippen LogP contribution in [0.5, 0.6) is 0 Å². The normalized spacial score (nSPS) is 11.1. The summed E-state index contributed by atoms with van der Waals surface area (Å²) < 4.78 is 8.06. The standard InChI is InChI=1S/C9H10BrN3O/c1-6-11-12-9-7(5-14-2)8(10)3-4-13(6)9/h3-4H,5H2,1-2H3. The van der Waals surface area contributed by atoms with Crippen molar-refractivity contribution >= 4 is 21.6 Å². The summed E-state index contributed by atoms with van der Waals surface area (Å²) in [6, 6.07) is 1.97. The van der Waals surface area contributed by atoms with Gasteiger partial charge in [0, 0.05) is 23.3 Å². The molecule has 0 aliphatic rings. The number of ether oxygens (including phenoxy) is 1. The molecule has 74 valence electrons. The van der Waals surface area contributed by atoms with Gasteiger partial charge in [0.1, 0.15) is 5.82 Å². The first-order valence-electron chi connectivity index (χ1n) is 4.21. The Hall–Kier alpha value is -0.940. The van der Waals surface area contributed by atoms with E-state index in [-0.39, 0.29) is 0 Å². The molecule has 0 unspecified atom stereocenters. The van der Waals surface area contributed by atoms with Crippen molar-refractivity contribution in [3.05, 3.63) is 28.1 Å². The zero-order valence-corrected chi connectivity index (χ0v) is 9.58. The van der Waals surface area contributed by atoms with E-state index in [4.69, 9.17) is 4.74 Å². The summed E-state index contributed by atoms with van der Waals surface area (Å²) in [5.41, 5.74) is 1.87. The Kier molecular flexibility index (Phi) is 2.52. The molecule has 0 bridgehead atoms. The van der Waals surface area contributed by atoms with Crippen LogP contribution in [-0.2, 0) is 11.3 Å². The third-order valence-corrected chi connectivity index (χ3v) is 2.83. The first-order chi connectivity index (χ1) is 6.74. The maximum Gasteiger partial charge on any atom is 0.167 e. The Morgan fingerprint density at radius 2 is 2.29 bits per heavy atom.